The summed E-state index contributed by atoms with van der Waals surface area (Å²) in [5.41, 5.74) is -1.81. The van der Waals surface area contributed by atoms with Crippen LogP contribution in [0.15, 0.2) is 23.4 Å². The molecule has 0 spiro atoms. The third kappa shape index (κ3) is 3.66. The van der Waals surface area contributed by atoms with E-state index >= 15 is 0 Å². The lowest BCUT2D eigenvalue weighted by Gasteiger charge is -2.33. The van der Waals surface area contributed by atoms with E-state index in [-0.39, 0.29) is 24.1 Å². The maximum atomic E-state index is 12.5. The SMILES string of the molecule is O=C(CSc1ccc(C(F)(F)F)cn1)N1C[C@H]2COCC[C@@]2(C(=O)O)C1. The van der Waals surface area contributed by atoms with Gasteiger partial charge in [-0.25, -0.2) is 4.98 Å². The Morgan fingerprint density at radius 1 is 1.42 bits per heavy atom. The summed E-state index contributed by atoms with van der Waals surface area (Å²) in [5.74, 6) is -1.43. The first-order valence-corrected chi connectivity index (χ1v) is 8.96. The van der Waals surface area contributed by atoms with E-state index in [4.69, 9.17) is 4.74 Å². The Kier molecular flexibility index (Phi) is 5.16. The molecule has 26 heavy (non-hydrogen) atoms. The van der Waals surface area contributed by atoms with Crippen LogP contribution in [-0.2, 0) is 20.5 Å². The molecular formula is C16H17F3N2O4S. The largest absolute Gasteiger partial charge is 0.481 e. The summed E-state index contributed by atoms with van der Waals surface area (Å²) in [6.07, 6.45) is -3.36. The molecule has 2 aliphatic heterocycles. The smallest absolute Gasteiger partial charge is 0.417 e. The minimum absolute atomic E-state index is 0.0123. The van der Waals surface area contributed by atoms with Gasteiger partial charge in [0.15, 0.2) is 0 Å². The number of halogens is 3. The van der Waals surface area contributed by atoms with Crippen LogP contribution in [0.1, 0.15) is 12.0 Å². The number of carbonyl (C=O) groups is 2. The van der Waals surface area contributed by atoms with Crippen molar-refractivity contribution in [1.29, 1.82) is 0 Å². The van der Waals surface area contributed by atoms with Gasteiger partial charge < -0.3 is 14.7 Å². The van der Waals surface area contributed by atoms with E-state index in [0.29, 0.717) is 31.2 Å². The number of carbonyl (C=O) groups excluding carboxylic acids is 1. The molecule has 3 heterocycles. The Morgan fingerprint density at radius 3 is 2.77 bits per heavy atom. The van der Waals surface area contributed by atoms with Gasteiger partial charge in [-0.2, -0.15) is 13.2 Å². The summed E-state index contributed by atoms with van der Waals surface area (Å²) in [7, 11) is 0. The standard InChI is InChI=1S/C16H17F3N2O4S/c17-16(18,19)10-1-2-12(20-5-10)26-8-13(22)21-6-11-7-25-4-3-15(11,9-21)14(23)24/h1-2,5,11H,3-4,6-9H2,(H,23,24)/t11-,15+/m0/s1. The molecule has 0 bridgehead atoms. The molecule has 10 heteroatoms. The number of nitrogens with zero attached hydrogens (tertiary/aromatic N) is 2. The van der Waals surface area contributed by atoms with Gasteiger partial charge in [-0.1, -0.05) is 11.8 Å². The first kappa shape index (κ1) is 19.0. The summed E-state index contributed by atoms with van der Waals surface area (Å²) in [6.45, 7) is 1.11. The molecule has 142 valence electrons. The third-order valence-corrected chi connectivity index (χ3v) is 5.82. The number of pyridine rings is 1. The summed E-state index contributed by atoms with van der Waals surface area (Å²) in [6, 6.07) is 2.14. The Labute approximate surface area is 151 Å². The molecule has 1 aromatic heterocycles. The highest BCUT2D eigenvalue weighted by Gasteiger charge is 2.54. The molecule has 0 radical (unpaired) electrons. The van der Waals surface area contributed by atoms with Crippen LogP contribution in [0.25, 0.3) is 0 Å². The first-order valence-electron chi connectivity index (χ1n) is 7.97. The van der Waals surface area contributed by atoms with Crippen LogP contribution < -0.4 is 0 Å². The van der Waals surface area contributed by atoms with E-state index in [1.54, 1.807) is 0 Å². The van der Waals surface area contributed by atoms with Crippen molar-refractivity contribution in [2.45, 2.75) is 17.6 Å². The molecule has 1 aromatic rings. The minimum atomic E-state index is -4.45. The number of likely N-dealkylation sites (tertiary alicyclic amines) is 1. The van der Waals surface area contributed by atoms with E-state index in [9.17, 15) is 27.9 Å². The predicted molar refractivity (Wildman–Crippen MR) is 85.5 cm³/mol. The van der Waals surface area contributed by atoms with Gasteiger partial charge in [0.25, 0.3) is 0 Å². The zero-order valence-corrected chi connectivity index (χ0v) is 14.5. The molecule has 2 atom stereocenters. The number of aliphatic carboxylic acids is 1. The van der Waals surface area contributed by atoms with Crippen LogP contribution in [0.2, 0.25) is 0 Å². The van der Waals surface area contributed by atoms with Gasteiger partial charge in [0.2, 0.25) is 5.91 Å². The summed E-state index contributed by atoms with van der Waals surface area (Å²) in [4.78, 5) is 29.4. The lowest BCUT2D eigenvalue weighted by Crippen LogP contribution is -2.45. The fourth-order valence-corrected chi connectivity index (χ4v) is 4.10. The van der Waals surface area contributed by atoms with Crippen molar-refractivity contribution in [3.05, 3.63) is 23.9 Å². The number of hydrogen-bond acceptors (Lipinski definition) is 5. The fraction of sp³-hybridized carbons (Fsp3) is 0.562. The van der Waals surface area contributed by atoms with Crippen molar-refractivity contribution in [2.24, 2.45) is 11.3 Å². The number of ether oxygens (including phenoxy) is 1. The predicted octanol–water partition coefficient (Wildman–Crippen LogP) is 2.14. The lowest BCUT2D eigenvalue weighted by molar-refractivity contribution is -0.157. The lowest BCUT2D eigenvalue weighted by atomic mass is 9.74. The van der Waals surface area contributed by atoms with Crippen LogP contribution in [0.3, 0.4) is 0 Å². The van der Waals surface area contributed by atoms with E-state index in [1.165, 1.54) is 11.0 Å². The highest BCUT2D eigenvalue weighted by Crippen LogP contribution is 2.42. The number of rotatable bonds is 4. The second-order valence-corrected chi connectivity index (χ2v) is 7.42. The van der Waals surface area contributed by atoms with Crippen molar-refractivity contribution < 1.29 is 32.6 Å². The van der Waals surface area contributed by atoms with Crippen molar-refractivity contribution >= 4 is 23.6 Å². The molecule has 0 aromatic carbocycles. The Balaban J connectivity index is 1.60. The Morgan fingerprint density at radius 2 is 2.19 bits per heavy atom. The number of thioether (sulfide) groups is 1. The van der Waals surface area contributed by atoms with E-state index in [0.717, 1.165) is 24.0 Å². The maximum absolute atomic E-state index is 12.5. The molecule has 6 nitrogen and oxygen atoms in total. The highest BCUT2D eigenvalue weighted by molar-refractivity contribution is 7.99. The summed E-state index contributed by atoms with van der Waals surface area (Å²) >= 11 is 1.03. The average Bonchev–Trinajstić information content (AvgIpc) is 3.00. The summed E-state index contributed by atoms with van der Waals surface area (Å²) in [5, 5.41) is 9.90. The Bertz CT molecular complexity index is 698. The molecule has 3 rings (SSSR count). The van der Waals surface area contributed by atoms with Crippen molar-refractivity contribution in [3.63, 3.8) is 0 Å². The van der Waals surface area contributed by atoms with Crippen molar-refractivity contribution in [2.75, 3.05) is 32.1 Å². The molecule has 0 aliphatic carbocycles. The second-order valence-electron chi connectivity index (χ2n) is 6.43. The maximum Gasteiger partial charge on any atom is 0.417 e. The molecule has 1 N–H and O–H groups in total. The van der Waals surface area contributed by atoms with Gasteiger partial charge in [0, 0.05) is 31.8 Å². The number of carboxylic acid groups (broad SMARTS) is 1. The van der Waals surface area contributed by atoms with Crippen LogP contribution in [0.5, 0.6) is 0 Å². The van der Waals surface area contributed by atoms with E-state index in [1.807, 2.05) is 0 Å². The number of aromatic nitrogens is 1. The van der Waals surface area contributed by atoms with Crippen LogP contribution in [-0.4, -0.2) is 58.9 Å². The molecule has 0 unspecified atom stereocenters. The molecule has 0 saturated carbocycles. The average molecular weight is 390 g/mol. The molecule has 2 fully saturated rings. The monoisotopic (exact) mass is 390 g/mol. The van der Waals surface area contributed by atoms with Crippen LogP contribution >= 0.6 is 11.8 Å². The van der Waals surface area contributed by atoms with Crippen LogP contribution in [0, 0.1) is 11.3 Å². The second kappa shape index (κ2) is 7.07. The van der Waals surface area contributed by atoms with E-state index < -0.39 is 23.1 Å². The highest BCUT2D eigenvalue weighted by atomic mass is 32.2. The molecule has 2 saturated heterocycles. The molecule has 1 amide bonds. The quantitative estimate of drug-likeness (QED) is 0.794. The molecular weight excluding hydrogens is 373 g/mol. The van der Waals surface area contributed by atoms with E-state index in [2.05, 4.69) is 4.98 Å². The first-order chi connectivity index (χ1) is 12.2. The number of hydrogen-bond donors (Lipinski definition) is 1. The normalized spacial score (nSPS) is 25.8. The topological polar surface area (TPSA) is 79.7 Å². The number of amides is 1. The fourth-order valence-electron chi connectivity index (χ4n) is 3.35. The van der Waals surface area contributed by atoms with Gasteiger partial charge in [0.05, 0.1) is 28.4 Å². The number of alkyl halides is 3. The zero-order chi connectivity index (χ0) is 18.9. The van der Waals surface area contributed by atoms with Gasteiger partial charge in [-0.3, -0.25) is 9.59 Å². The Hall–Kier alpha value is -1.81. The molecule has 2 aliphatic rings. The van der Waals surface area contributed by atoms with Crippen LogP contribution in [0.4, 0.5) is 13.2 Å². The van der Waals surface area contributed by atoms with Gasteiger partial charge in [-0.05, 0) is 18.6 Å². The van der Waals surface area contributed by atoms with Crippen molar-refractivity contribution in [3.8, 4) is 0 Å². The van der Waals surface area contributed by atoms with Gasteiger partial charge in [-0.15, -0.1) is 0 Å². The third-order valence-electron chi connectivity index (χ3n) is 4.89. The number of carboxylic acids is 1. The van der Waals surface area contributed by atoms with Crippen molar-refractivity contribution in [1.82, 2.24) is 9.88 Å². The summed E-state index contributed by atoms with van der Waals surface area (Å²) < 4.78 is 42.9. The van der Waals surface area contributed by atoms with Gasteiger partial charge >= 0.3 is 12.1 Å². The zero-order valence-electron chi connectivity index (χ0n) is 13.7. The minimum Gasteiger partial charge on any atom is -0.481 e. The van der Waals surface area contributed by atoms with Gasteiger partial charge in [0.1, 0.15) is 0 Å². The number of fused-ring (bicyclic) bond motifs is 1.